The molecule has 1 aromatic heterocycles. The van der Waals surface area contributed by atoms with Crippen molar-refractivity contribution in [3.05, 3.63) is 96.1 Å². The second-order valence-electron chi connectivity index (χ2n) is 6.96. The molecule has 0 amide bonds. The highest BCUT2D eigenvalue weighted by Crippen LogP contribution is 2.51. The lowest BCUT2D eigenvalue weighted by Crippen LogP contribution is -2.30. The number of nitrogens with one attached hydrogen (secondary N) is 1. The molecule has 0 bridgehead atoms. The maximum Gasteiger partial charge on any atom is 0.144 e. The normalized spacial score (nSPS) is 24.2. The standard InChI is InChI=1S/C23H19NO2S/c25-19-14-16(15-7-2-1-3-8-15)13-18-22(19)23(20-10-6-12-26-20)27-21-11-5-4-9-17(21)24-18/h1-13,16,22-24H,14H2/t16-,22-,23-/m1/s1. The Hall–Kier alpha value is -2.72. The van der Waals surface area contributed by atoms with Crippen LogP contribution in [0.3, 0.4) is 0 Å². The molecule has 3 nitrogen and oxygen atoms in total. The second kappa shape index (κ2) is 6.78. The third-order valence-electron chi connectivity index (χ3n) is 5.26. The van der Waals surface area contributed by atoms with Crippen molar-refractivity contribution in [3.8, 4) is 0 Å². The lowest BCUT2D eigenvalue weighted by molar-refractivity contribution is -0.122. The van der Waals surface area contributed by atoms with Gasteiger partial charge in [-0.15, -0.1) is 11.8 Å². The van der Waals surface area contributed by atoms with Crippen LogP contribution in [0.5, 0.6) is 0 Å². The van der Waals surface area contributed by atoms with E-state index < -0.39 is 0 Å². The zero-order valence-electron chi connectivity index (χ0n) is 14.7. The van der Waals surface area contributed by atoms with Crippen molar-refractivity contribution in [2.24, 2.45) is 5.92 Å². The number of furan rings is 1. The van der Waals surface area contributed by atoms with Crippen LogP contribution in [-0.2, 0) is 4.79 Å². The van der Waals surface area contributed by atoms with E-state index in [4.69, 9.17) is 4.42 Å². The fraction of sp³-hybridized carbons (Fsp3) is 0.174. The minimum Gasteiger partial charge on any atom is -0.468 e. The Morgan fingerprint density at radius 3 is 2.59 bits per heavy atom. The Labute approximate surface area is 162 Å². The van der Waals surface area contributed by atoms with Gasteiger partial charge < -0.3 is 9.73 Å². The molecule has 2 aliphatic rings. The molecule has 27 heavy (non-hydrogen) atoms. The van der Waals surface area contributed by atoms with E-state index in [0.717, 1.165) is 22.0 Å². The van der Waals surface area contributed by atoms with Gasteiger partial charge in [-0.3, -0.25) is 4.79 Å². The van der Waals surface area contributed by atoms with E-state index in [1.165, 1.54) is 5.56 Å². The number of Topliss-reactive ketones (excluding diaryl/α,β-unsaturated/α-hetero) is 1. The van der Waals surface area contributed by atoms with Crippen molar-refractivity contribution < 1.29 is 9.21 Å². The van der Waals surface area contributed by atoms with Crippen molar-refractivity contribution in [2.75, 3.05) is 5.32 Å². The molecule has 3 atom stereocenters. The summed E-state index contributed by atoms with van der Waals surface area (Å²) in [5.74, 6) is 0.981. The van der Waals surface area contributed by atoms with Crippen LogP contribution >= 0.6 is 11.8 Å². The number of anilines is 1. The first-order chi connectivity index (χ1) is 13.3. The summed E-state index contributed by atoms with van der Waals surface area (Å²) >= 11 is 1.70. The summed E-state index contributed by atoms with van der Waals surface area (Å²) in [5, 5.41) is 3.50. The molecule has 1 N–H and O–H groups in total. The smallest absolute Gasteiger partial charge is 0.144 e. The Kier molecular flexibility index (Phi) is 4.13. The number of hydrogen-bond acceptors (Lipinski definition) is 4. The van der Waals surface area contributed by atoms with E-state index in [1.54, 1.807) is 18.0 Å². The largest absolute Gasteiger partial charge is 0.468 e. The summed E-state index contributed by atoms with van der Waals surface area (Å²) < 4.78 is 5.72. The van der Waals surface area contributed by atoms with Gasteiger partial charge in [0.25, 0.3) is 0 Å². The average molecular weight is 373 g/mol. The summed E-state index contributed by atoms with van der Waals surface area (Å²) in [6.07, 6.45) is 4.44. The van der Waals surface area contributed by atoms with Gasteiger partial charge in [0.2, 0.25) is 0 Å². The number of allylic oxidation sites excluding steroid dienone is 2. The molecule has 0 unspecified atom stereocenters. The van der Waals surface area contributed by atoms with E-state index in [9.17, 15) is 4.79 Å². The minimum atomic E-state index is -0.228. The molecule has 0 fully saturated rings. The lowest BCUT2D eigenvalue weighted by Gasteiger charge is -2.30. The van der Waals surface area contributed by atoms with Crippen LogP contribution in [0.4, 0.5) is 5.69 Å². The predicted octanol–water partition coefficient (Wildman–Crippen LogP) is 5.80. The first kappa shape index (κ1) is 16.5. The van der Waals surface area contributed by atoms with E-state index in [2.05, 4.69) is 35.7 Å². The zero-order chi connectivity index (χ0) is 18.2. The number of para-hydroxylation sites is 1. The number of hydrogen-bond donors (Lipinski definition) is 1. The summed E-state index contributed by atoms with van der Waals surface area (Å²) in [6, 6.07) is 22.3. The third kappa shape index (κ3) is 3.00. The maximum absolute atomic E-state index is 13.3. The summed E-state index contributed by atoms with van der Waals surface area (Å²) in [6.45, 7) is 0. The summed E-state index contributed by atoms with van der Waals surface area (Å²) in [7, 11) is 0. The Morgan fingerprint density at radius 1 is 0.963 bits per heavy atom. The van der Waals surface area contributed by atoms with Crippen LogP contribution in [0.2, 0.25) is 0 Å². The molecule has 0 spiro atoms. The van der Waals surface area contributed by atoms with Crippen LogP contribution in [0, 0.1) is 5.92 Å². The van der Waals surface area contributed by atoms with Crippen LogP contribution in [0.25, 0.3) is 0 Å². The number of rotatable bonds is 2. The molecule has 2 aromatic carbocycles. The van der Waals surface area contributed by atoms with Gasteiger partial charge >= 0.3 is 0 Å². The quantitative estimate of drug-likeness (QED) is 0.617. The van der Waals surface area contributed by atoms with Crippen LogP contribution < -0.4 is 5.32 Å². The molecule has 0 saturated heterocycles. The zero-order valence-corrected chi connectivity index (χ0v) is 15.5. The molecule has 2 heterocycles. The van der Waals surface area contributed by atoms with E-state index >= 15 is 0 Å². The molecule has 0 saturated carbocycles. The van der Waals surface area contributed by atoms with Gasteiger partial charge in [0.15, 0.2) is 0 Å². The molecule has 4 heteroatoms. The molecule has 134 valence electrons. The SMILES string of the molecule is O=C1C[C@H](c2ccccc2)C=C2Nc3ccccc3S[C@H](c3ccco3)[C@@H]12. The van der Waals surface area contributed by atoms with Crippen molar-refractivity contribution in [1.29, 1.82) is 0 Å². The molecule has 5 rings (SSSR count). The van der Waals surface area contributed by atoms with E-state index in [-0.39, 0.29) is 22.9 Å². The van der Waals surface area contributed by atoms with Gasteiger partial charge in [0.1, 0.15) is 11.5 Å². The number of ketones is 1. The molecular formula is C23H19NO2S. The Bertz CT molecular complexity index is 994. The third-order valence-corrected chi connectivity index (χ3v) is 6.63. The number of thioether (sulfide) groups is 1. The molecule has 1 aliphatic carbocycles. The van der Waals surface area contributed by atoms with Gasteiger partial charge in [0.05, 0.1) is 23.1 Å². The number of fused-ring (bicyclic) bond motifs is 2. The second-order valence-corrected chi connectivity index (χ2v) is 8.15. The Balaban J connectivity index is 1.63. The predicted molar refractivity (Wildman–Crippen MR) is 108 cm³/mol. The highest BCUT2D eigenvalue weighted by atomic mass is 32.2. The summed E-state index contributed by atoms with van der Waals surface area (Å²) in [4.78, 5) is 14.4. The molecule has 0 radical (unpaired) electrons. The number of benzene rings is 2. The highest BCUT2D eigenvalue weighted by Gasteiger charge is 2.41. The average Bonchev–Trinajstić information content (AvgIpc) is 3.17. The van der Waals surface area contributed by atoms with Crippen LogP contribution in [0.15, 0.2) is 94.1 Å². The topological polar surface area (TPSA) is 42.2 Å². The molecular weight excluding hydrogens is 354 g/mol. The van der Waals surface area contributed by atoms with Crippen molar-refractivity contribution >= 4 is 23.2 Å². The first-order valence-electron chi connectivity index (χ1n) is 9.15. The van der Waals surface area contributed by atoms with Crippen molar-refractivity contribution in [2.45, 2.75) is 22.5 Å². The fourth-order valence-electron chi connectivity index (χ4n) is 3.97. The maximum atomic E-state index is 13.3. The van der Waals surface area contributed by atoms with Gasteiger partial charge in [-0.05, 0) is 29.8 Å². The van der Waals surface area contributed by atoms with Gasteiger partial charge in [-0.25, -0.2) is 0 Å². The van der Waals surface area contributed by atoms with Gasteiger partial charge in [-0.2, -0.15) is 0 Å². The van der Waals surface area contributed by atoms with E-state index in [1.807, 2.05) is 42.5 Å². The minimum absolute atomic E-state index is 0.0633. The first-order valence-corrected chi connectivity index (χ1v) is 10.0. The fourth-order valence-corrected chi connectivity index (χ4v) is 5.33. The van der Waals surface area contributed by atoms with Crippen LogP contribution in [-0.4, -0.2) is 5.78 Å². The molecule has 3 aromatic rings. The Morgan fingerprint density at radius 2 is 1.78 bits per heavy atom. The van der Waals surface area contributed by atoms with Gasteiger partial charge in [0, 0.05) is 22.9 Å². The number of carbonyl (C=O) groups is 1. The monoisotopic (exact) mass is 373 g/mol. The number of carbonyl (C=O) groups excluding carboxylic acids is 1. The highest BCUT2D eigenvalue weighted by molar-refractivity contribution is 7.99. The van der Waals surface area contributed by atoms with Crippen molar-refractivity contribution in [3.63, 3.8) is 0 Å². The van der Waals surface area contributed by atoms with Gasteiger partial charge in [-0.1, -0.05) is 48.5 Å². The van der Waals surface area contributed by atoms with Crippen molar-refractivity contribution in [1.82, 2.24) is 0 Å². The summed E-state index contributed by atoms with van der Waals surface area (Å²) in [5.41, 5.74) is 3.21. The van der Waals surface area contributed by atoms with E-state index in [0.29, 0.717) is 6.42 Å². The molecule has 1 aliphatic heterocycles. The lowest BCUT2D eigenvalue weighted by atomic mass is 9.79. The van der Waals surface area contributed by atoms with Crippen LogP contribution in [0.1, 0.15) is 28.9 Å².